The molecule has 0 saturated carbocycles. The van der Waals surface area contributed by atoms with Crippen molar-refractivity contribution in [3.8, 4) is 0 Å². The van der Waals surface area contributed by atoms with Crippen LogP contribution in [0.5, 0.6) is 0 Å². The third-order valence-corrected chi connectivity index (χ3v) is 1.85. The molecule has 0 atom stereocenters. The summed E-state index contributed by atoms with van der Waals surface area (Å²) in [7, 11) is 0. The van der Waals surface area contributed by atoms with Crippen LogP contribution in [0.25, 0.3) is 0 Å². The fourth-order valence-corrected chi connectivity index (χ4v) is 1.11. The van der Waals surface area contributed by atoms with Gasteiger partial charge < -0.3 is 5.32 Å². The van der Waals surface area contributed by atoms with Crippen molar-refractivity contribution in [1.82, 2.24) is 5.32 Å². The average Bonchev–Trinajstić information content (AvgIpc) is 2.34. The molecule has 1 N–H and O–H groups in total. The Balaban J connectivity index is 2.89. The fraction of sp³-hybridized carbons (Fsp3) is 0.333. The van der Waals surface area contributed by atoms with Gasteiger partial charge in [0.2, 0.25) is 0 Å². The minimum atomic E-state index is 0.931. The molecule has 1 aliphatic heterocycles. The highest BCUT2D eigenvalue weighted by molar-refractivity contribution is 5.41. The summed E-state index contributed by atoms with van der Waals surface area (Å²) in [5.41, 5.74) is 3.78. The molecule has 1 saturated heterocycles. The standard InChI is InChI=1S/C9H13N/c1-4-7(2)9-6-10-5-8(9)3/h4,10H,1,3,5-6H2,2H3/b9-7-. The van der Waals surface area contributed by atoms with E-state index in [9.17, 15) is 0 Å². The highest BCUT2D eigenvalue weighted by Gasteiger charge is 2.11. The Kier molecular flexibility index (Phi) is 2.07. The van der Waals surface area contributed by atoms with Crippen molar-refractivity contribution in [3.05, 3.63) is 36.0 Å². The molecule has 1 heterocycles. The van der Waals surface area contributed by atoms with Gasteiger partial charge in [0, 0.05) is 13.1 Å². The zero-order chi connectivity index (χ0) is 7.56. The highest BCUT2D eigenvalue weighted by Crippen LogP contribution is 2.16. The Labute approximate surface area is 62.1 Å². The van der Waals surface area contributed by atoms with Gasteiger partial charge in [-0.1, -0.05) is 19.2 Å². The maximum Gasteiger partial charge on any atom is 0.0214 e. The SMILES string of the molecule is C=C/C(C)=C1/CNCC1=C. The van der Waals surface area contributed by atoms with Crippen molar-refractivity contribution in [1.29, 1.82) is 0 Å². The lowest BCUT2D eigenvalue weighted by molar-refractivity contribution is 0.894. The van der Waals surface area contributed by atoms with Gasteiger partial charge in [-0.15, -0.1) is 0 Å². The van der Waals surface area contributed by atoms with E-state index in [4.69, 9.17) is 0 Å². The summed E-state index contributed by atoms with van der Waals surface area (Å²) in [4.78, 5) is 0. The number of rotatable bonds is 1. The molecule has 0 unspecified atom stereocenters. The van der Waals surface area contributed by atoms with E-state index in [2.05, 4.69) is 25.4 Å². The smallest absolute Gasteiger partial charge is 0.0214 e. The van der Waals surface area contributed by atoms with Gasteiger partial charge in [-0.3, -0.25) is 0 Å². The Bertz CT molecular complexity index is 199. The molecule has 1 nitrogen and oxygen atoms in total. The number of hydrogen-bond donors (Lipinski definition) is 1. The third-order valence-electron chi connectivity index (χ3n) is 1.85. The Morgan fingerprint density at radius 2 is 2.30 bits per heavy atom. The summed E-state index contributed by atoms with van der Waals surface area (Å²) in [6, 6.07) is 0. The predicted octanol–water partition coefficient (Wildman–Crippen LogP) is 1.65. The topological polar surface area (TPSA) is 12.0 Å². The average molecular weight is 135 g/mol. The van der Waals surface area contributed by atoms with Crippen LogP contribution < -0.4 is 5.32 Å². The minimum Gasteiger partial charge on any atom is -0.309 e. The monoisotopic (exact) mass is 135 g/mol. The minimum absolute atomic E-state index is 0.931. The van der Waals surface area contributed by atoms with Crippen LogP contribution in [-0.2, 0) is 0 Å². The summed E-state index contributed by atoms with van der Waals surface area (Å²) in [5.74, 6) is 0. The molecule has 1 heteroatoms. The van der Waals surface area contributed by atoms with Gasteiger partial charge in [-0.05, 0) is 23.6 Å². The Morgan fingerprint density at radius 3 is 2.70 bits per heavy atom. The van der Waals surface area contributed by atoms with Crippen LogP contribution >= 0.6 is 0 Å². The lowest BCUT2D eigenvalue weighted by Crippen LogP contribution is -2.05. The van der Waals surface area contributed by atoms with E-state index in [1.54, 1.807) is 0 Å². The second kappa shape index (κ2) is 2.84. The van der Waals surface area contributed by atoms with E-state index >= 15 is 0 Å². The number of hydrogen-bond acceptors (Lipinski definition) is 1. The first-order valence-corrected chi connectivity index (χ1v) is 3.46. The number of allylic oxidation sites excluding steroid dienone is 2. The molecule has 0 aromatic rings. The molecule has 0 radical (unpaired) electrons. The van der Waals surface area contributed by atoms with Crippen LogP contribution in [0.2, 0.25) is 0 Å². The zero-order valence-corrected chi connectivity index (χ0v) is 6.41. The van der Waals surface area contributed by atoms with Crippen molar-refractivity contribution >= 4 is 0 Å². The molecule has 54 valence electrons. The van der Waals surface area contributed by atoms with Gasteiger partial charge in [0.1, 0.15) is 0 Å². The molecule has 10 heavy (non-hydrogen) atoms. The molecular weight excluding hydrogens is 122 g/mol. The lowest BCUT2D eigenvalue weighted by Gasteiger charge is -1.99. The van der Waals surface area contributed by atoms with Gasteiger partial charge in [0.05, 0.1) is 0 Å². The molecular formula is C9H13N. The first-order chi connectivity index (χ1) is 4.75. The Morgan fingerprint density at radius 1 is 1.60 bits per heavy atom. The summed E-state index contributed by atoms with van der Waals surface area (Å²) in [6.45, 7) is 11.6. The molecule has 1 rings (SSSR count). The predicted molar refractivity (Wildman–Crippen MR) is 44.9 cm³/mol. The van der Waals surface area contributed by atoms with E-state index in [-0.39, 0.29) is 0 Å². The second-order valence-electron chi connectivity index (χ2n) is 2.57. The van der Waals surface area contributed by atoms with Crippen LogP contribution in [0.3, 0.4) is 0 Å². The van der Waals surface area contributed by atoms with Crippen LogP contribution in [0.4, 0.5) is 0 Å². The normalized spacial score (nSPS) is 23.1. The maximum atomic E-state index is 3.94. The molecule has 0 bridgehead atoms. The van der Waals surface area contributed by atoms with Crippen molar-refractivity contribution in [2.75, 3.05) is 13.1 Å². The van der Waals surface area contributed by atoms with Crippen molar-refractivity contribution in [2.45, 2.75) is 6.92 Å². The summed E-state index contributed by atoms with van der Waals surface area (Å²) >= 11 is 0. The summed E-state index contributed by atoms with van der Waals surface area (Å²) in [5, 5.41) is 3.23. The van der Waals surface area contributed by atoms with Gasteiger partial charge >= 0.3 is 0 Å². The van der Waals surface area contributed by atoms with Gasteiger partial charge in [-0.25, -0.2) is 0 Å². The molecule has 0 spiro atoms. The van der Waals surface area contributed by atoms with Crippen LogP contribution in [0.15, 0.2) is 36.0 Å². The maximum absolute atomic E-state index is 3.94. The van der Waals surface area contributed by atoms with Crippen LogP contribution in [0.1, 0.15) is 6.92 Å². The highest BCUT2D eigenvalue weighted by atomic mass is 14.9. The van der Waals surface area contributed by atoms with E-state index in [0.717, 1.165) is 13.1 Å². The molecule has 0 aromatic carbocycles. The van der Waals surface area contributed by atoms with Gasteiger partial charge in [0.25, 0.3) is 0 Å². The first kappa shape index (κ1) is 7.29. The second-order valence-corrected chi connectivity index (χ2v) is 2.57. The summed E-state index contributed by atoms with van der Waals surface area (Å²) in [6.07, 6.45) is 1.88. The van der Waals surface area contributed by atoms with E-state index < -0.39 is 0 Å². The zero-order valence-electron chi connectivity index (χ0n) is 6.41. The molecule has 0 aliphatic carbocycles. The molecule has 0 aromatic heterocycles. The largest absolute Gasteiger partial charge is 0.309 e. The van der Waals surface area contributed by atoms with Crippen LogP contribution in [-0.4, -0.2) is 13.1 Å². The molecule has 0 amide bonds. The lowest BCUT2D eigenvalue weighted by atomic mass is 10.1. The molecule has 1 fully saturated rings. The van der Waals surface area contributed by atoms with Crippen molar-refractivity contribution < 1.29 is 0 Å². The van der Waals surface area contributed by atoms with Crippen LogP contribution in [0, 0.1) is 0 Å². The van der Waals surface area contributed by atoms with Crippen molar-refractivity contribution in [3.63, 3.8) is 0 Å². The number of nitrogens with one attached hydrogen (secondary N) is 1. The van der Waals surface area contributed by atoms with Gasteiger partial charge in [-0.2, -0.15) is 0 Å². The molecule has 1 aliphatic rings. The first-order valence-electron chi connectivity index (χ1n) is 3.46. The van der Waals surface area contributed by atoms with Gasteiger partial charge in [0.15, 0.2) is 0 Å². The third kappa shape index (κ3) is 1.19. The summed E-state index contributed by atoms with van der Waals surface area (Å²) < 4.78 is 0. The van der Waals surface area contributed by atoms with E-state index in [1.807, 2.05) is 6.08 Å². The Hall–Kier alpha value is -0.820. The fourth-order valence-electron chi connectivity index (χ4n) is 1.11. The van der Waals surface area contributed by atoms with Crippen molar-refractivity contribution in [2.24, 2.45) is 0 Å². The quantitative estimate of drug-likeness (QED) is 0.576. The van der Waals surface area contributed by atoms with E-state index in [0.29, 0.717) is 0 Å². The van der Waals surface area contributed by atoms with E-state index in [1.165, 1.54) is 16.7 Å².